The third-order valence-electron chi connectivity index (χ3n) is 3.67. The predicted molar refractivity (Wildman–Crippen MR) is 81.9 cm³/mol. The molecule has 7 heteroatoms. The zero-order valence-electron chi connectivity index (χ0n) is 12.5. The standard InChI is InChI=1S/C14H21N3O3S/c1-10-11(2)21-14(15-10)17(8-5-13(19)20)9-12(18)16-6-3-4-7-16/h3-9H2,1-2H3,(H,19,20). The third-order valence-corrected chi connectivity index (χ3v) is 4.80. The molecule has 0 atom stereocenters. The average molecular weight is 311 g/mol. The second-order valence-electron chi connectivity index (χ2n) is 5.29. The number of carbonyl (C=O) groups is 2. The molecule has 1 aromatic rings. The van der Waals surface area contributed by atoms with Gasteiger partial charge in [-0.15, -0.1) is 11.3 Å². The minimum atomic E-state index is -0.862. The summed E-state index contributed by atoms with van der Waals surface area (Å²) in [5.41, 5.74) is 0.934. The Bertz CT molecular complexity index is 504. The molecule has 1 N–H and O–H groups in total. The van der Waals surface area contributed by atoms with Gasteiger partial charge in [0.2, 0.25) is 5.91 Å². The minimum Gasteiger partial charge on any atom is -0.481 e. The number of carbonyl (C=O) groups excluding carboxylic acids is 1. The molecular weight excluding hydrogens is 290 g/mol. The highest BCUT2D eigenvalue weighted by Crippen LogP contribution is 2.25. The Morgan fingerprint density at radius 1 is 1.33 bits per heavy atom. The highest BCUT2D eigenvalue weighted by atomic mass is 32.1. The largest absolute Gasteiger partial charge is 0.481 e. The van der Waals surface area contributed by atoms with Crippen LogP contribution in [-0.4, -0.2) is 53.0 Å². The smallest absolute Gasteiger partial charge is 0.305 e. The lowest BCUT2D eigenvalue weighted by molar-refractivity contribution is -0.137. The average Bonchev–Trinajstić information content (AvgIpc) is 3.05. The van der Waals surface area contributed by atoms with E-state index in [-0.39, 0.29) is 18.9 Å². The molecule has 2 rings (SSSR count). The third kappa shape index (κ3) is 4.17. The van der Waals surface area contributed by atoms with E-state index in [1.807, 2.05) is 18.7 Å². The molecule has 0 saturated carbocycles. The van der Waals surface area contributed by atoms with Gasteiger partial charge in [-0.25, -0.2) is 4.98 Å². The van der Waals surface area contributed by atoms with Crippen LogP contribution in [-0.2, 0) is 9.59 Å². The van der Waals surface area contributed by atoms with Crippen LogP contribution in [0.4, 0.5) is 5.13 Å². The number of thiazole rings is 1. The summed E-state index contributed by atoms with van der Waals surface area (Å²) in [4.78, 5) is 32.3. The number of carboxylic acid groups (broad SMARTS) is 1. The molecule has 1 fully saturated rings. The van der Waals surface area contributed by atoms with Crippen LogP contribution in [0.3, 0.4) is 0 Å². The Morgan fingerprint density at radius 3 is 2.52 bits per heavy atom. The number of nitrogens with zero attached hydrogens (tertiary/aromatic N) is 3. The van der Waals surface area contributed by atoms with Crippen LogP contribution in [0, 0.1) is 13.8 Å². The highest BCUT2D eigenvalue weighted by Gasteiger charge is 2.22. The molecule has 1 aliphatic heterocycles. The van der Waals surface area contributed by atoms with E-state index >= 15 is 0 Å². The van der Waals surface area contributed by atoms with E-state index in [0.717, 1.165) is 41.6 Å². The molecule has 21 heavy (non-hydrogen) atoms. The summed E-state index contributed by atoms with van der Waals surface area (Å²) in [7, 11) is 0. The van der Waals surface area contributed by atoms with Crippen LogP contribution in [0.15, 0.2) is 0 Å². The summed E-state index contributed by atoms with van der Waals surface area (Å²) in [6.45, 7) is 6.03. The van der Waals surface area contributed by atoms with Gasteiger partial charge in [-0.05, 0) is 26.7 Å². The molecule has 0 bridgehead atoms. The number of anilines is 1. The number of aliphatic carboxylic acids is 1. The molecule has 6 nitrogen and oxygen atoms in total. The van der Waals surface area contributed by atoms with E-state index < -0.39 is 5.97 Å². The lowest BCUT2D eigenvalue weighted by atomic mass is 10.3. The molecule has 0 aromatic carbocycles. The van der Waals surface area contributed by atoms with Gasteiger partial charge in [-0.3, -0.25) is 9.59 Å². The molecule has 1 amide bonds. The Hall–Kier alpha value is -1.63. The first kappa shape index (κ1) is 15.8. The lowest BCUT2D eigenvalue weighted by Gasteiger charge is -2.24. The second kappa shape index (κ2) is 6.89. The van der Waals surface area contributed by atoms with Gasteiger partial charge in [0, 0.05) is 24.5 Å². The van der Waals surface area contributed by atoms with Gasteiger partial charge >= 0.3 is 5.97 Å². The SMILES string of the molecule is Cc1nc(N(CCC(=O)O)CC(=O)N2CCCC2)sc1C. The summed E-state index contributed by atoms with van der Waals surface area (Å²) in [6, 6.07) is 0. The molecule has 1 aliphatic rings. The van der Waals surface area contributed by atoms with Gasteiger partial charge < -0.3 is 14.9 Å². The van der Waals surface area contributed by atoms with Crippen molar-refractivity contribution in [2.45, 2.75) is 33.1 Å². The Balaban J connectivity index is 2.07. The summed E-state index contributed by atoms with van der Waals surface area (Å²) in [6.07, 6.45) is 2.11. The Morgan fingerprint density at radius 2 is 2.00 bits per heavy atom. The highest BCUT2D eigenvalue weighted by molar-refractivity contribution is 7.15. The molecular formula is C14H21N3O3S. The van der Waals surface area contributed by atoms with E-state index in [0.29, 0.717) is 6.54 Å². The van der Waals surface area contributed by atoms with Crippen molar-refractivity contribution in [1.82, 2.24) is 9.88 Å². The van der Waals surface area contributed by atoms with Crippen molar-refractivity contribution in [3.05, 3.63) is 10.6 Å². The molecule has 116 valence electrons. The van der Waals surface area contributed by atoms with E-state index in [1.54, 1.807) is 4.90 Å². The zero-order valence-corrected chi connectivity index (χ0v) is 13.3. The van der Waals surface area contributed by atoms with Crippen molar-refractivity contribution in [3.8, 4) is 0 Å². The number of hydrogen-bond acceptors (Lipinski definition) is 5. The summed E-state index contributed by atoms with van der Waals surface area (Å²) < 4.78 is 0. The Labute approximate surface area is 128 Å². The number of carboxylic acids is 1. The van der Waals surface area contributed by atoms with E-state index in [2.05, 4.69) is 4.98 Å². The maximum Gasteiger partial charge on any atom is 0.305 e. The normalized spacial score (nSPS) is 14.5. The summed E-state index contributed by atoms with van der Waals surface area (Å²) in [5.74, 6) is -0.804. The van der Waals surface area contributed by atoms with Crippen LogP contribution in [0.5, 0.6) is 0 Å². The van der Waals surface area contributed by atoms with E-state index in [4.69, 9.17) is 5.11 Å². The lowest BCUT2D eigenvalue weighted by Crippen LogP contribution is -2.39. The molecule has 1 aromatic heterocycles. The summed E-state index contributed by atoms with van der Waals surface area (Å²) in [5, 5.41) is 9.61. The molecule has 0 unspecified atom stereocenters. The molecule has 0 aliphatic carbocycles. The quantitative estimate of drug-likeness (QED) is 0.865. The fraction of sp³-hybridized carbons (Fsp3) is 0.643. The number of likely N-dealkylation sites (tertiary alicyclic amines) is 1. The molecule has 1 saturated heterocycles. The van der Waals surface area contributed by atoms with Crippen molar-refractivity contribution in [2.75, 3.05) is 31.1 Å². The van der Waals surface area contributed by atoms with Crippen molar-refractivity contribution < 1.29 is 14.7 Å². The number of aryl methyl sites for hydroxylation is 2. The van der Waals surface area contributed by atoms with Crippen LogP contribution in [0.2, 0.25) is 0 Å². The first-order valence-electron chi connectivity index (χ1n) is 7.16. The number of rotatable bonds is 6. The number of amides is 1. The van der Waals surface area contributed by atoms with Gasteiger partial charge in [-0.2, -0.15) is 0 Å². The minimum absolute atomic E-state index is 0.00492. The predicted octanol–water partition coefficient (Wildman–Crippen LogP) is 1.66. The molecule has 0 radical (unpaired) electrons. The van der Waals surface area contributed by atoms with E-state index in [1.165, 1.54) is 11.3 Å². The molecule has 0 spiro atoms. The van der Waals surface area contributed by atoms with Gasteiger partial charge in [0.25, 0.3) is 0 Å². The van der Waals surface area contributed by atoms with Gasteiger partial charge in [-0.1, -0.05) is 0 Å². The topological polar surface area (TPSA) is 73.7 Å². The van der Waals surface area contributed by atoms with Crippen molar-refractivity contribution >= 4 is 28.3 Å². The zero-order chi connectivity index (χ0) is 15.4. The van der Waals surface area contributed by atoms with Crippen LogP contribution in [0.1, 0.15) is 29.8 Å². The van der Waals surface area contributed by atoms with Gasteiger partial charge in [0.1, 0.15) is 0 Å². The monoisotopic (exact) mass is 311 g/mol. The number of aromatic nitrogens is 1. The van der Waals surface area contributed by atoms with Crippen molar-refractivity contribution in [3.63, 3.8) is 0 Å². The fourth-order valence-corrected chi connectivity index (χ4v) is 3.23. The first-order chi connectivity index (χ1) is 9.97. The Kier molecular flexibility index (Phi) is 5.17. The van der Waals surface area contributed by atoms with Crippen molar-refractivity contribution in [2.24, 2.45) is 0 Å². The van der Waals surface area contributed by atoms with E-state index in [9.17, 15) is 9.59 Å². The van der Waals surface area contributed by atoms with Gasteiger partial charge in [0.05, 0.1) is 18.7 Å². The van der Waals surface area contributed by atoms with Gasteiger partial charge in [0.15, 0.2) is 5.13 Å². The van der Waals surface area contributed by atoms with Crippen LogP contribution < -0.4 is 4.90 Å². The second-order valence-corrected chi connectivity index (χ2v) is 6.47. The first-order valence-corrected chi connectivity index (χ1v) is 7.97. The number of hydrogen-bond donors (Lipinski definition) is 1. The summed E-state index contributed by atoms with van der Waals surface area (Å²) >= 11 is 1.51. The van der Waals surface area contributed by atoms with Crippen molar-refractivity contribution in [1.29, 1.82) is 0 Å². The fourth-order valence-electron chi connectivity index (χ4n) is 2.29. The van der Waals surface area contributed by atoms with Crippen LogP contribution >= 0.6 is 11.3 Å². The maximum absolute atomic E-state index is 12.3. The maximum atomic E-state index is 12.3. The molecule has 2 heterocycles. The van der Waals surface area contributed by atoms with Crippen LogP contribution in [0.25, 0.3) is 0 Å².